The molecule has 0 aliphatic rings. The van der Waals surface area contributed by atoms with E-state index < -0.39 is 0 Å². The van der Waals surface area contributed by atoms with Gasteiger partial charge in [0, 0.05) is 10.0 Å². The predicted octanol–water partition coefficient (Wildman–Crippen LogP) is 5.24. The molecule has 0 bridgehead atoms. The van der Waals surface area contributed by atoms with Crippen molar-refractivity contribution < 1.29 is 9.05 Å². The van der Waals surface area contributed by atoms with E-state index in [9.17, 15) is 0 Å². The fraction of sp³-hybridized carbons (Fsp3) is 0.143. The summed E-state index contributed by atoms with van der Waals surface area (Å²) in [4.78, 5) is 0. The third-order valence-electron chi connectivity index (χ3n) is 2.42. The summed E-state index contributed by atoms with van der Waals surface area (Å²) in [6.45, 7) is 1.05. The molecule has 0 amide bonds. The van der Waals surface area contributed by atoms with Crippen LogP contribution in [0.25, 0.3) is 0 Å². The van der Waals surface area contributed by atoms with Gasteiger partial charge in [-0.15, -0.1) is 0 Å². The zero-order chi connectivity index (χ0) is 13.5. The summed E-state index contributed by atoms with van der Waals surface area (Å²) in [5.41, 5.74) is 2.15. The molecule has 2 aromatic rings. The SMILES string of the molecule is Clc1ccc(COPOCc2ccc(Cl)cc2)cc1. The van der Waals surface area contributed by atoms with Crippen molar-refractivity contribution in [1.82, 2.24) is 0 Å². The van der Waals surface area contributed by atoms with Crippen molar-refractivity contribution in [3.63, 3.8) is 0 Å². The molecular formula is C14H13Cl2O2P. The van der Waals surface area contributed by atoms with Gasteiger partial charge in [-0.2, -0.15) is 0 Å². The van der Waals surface area contributed by atoms with Crippen LogP contribution in [0.3, 0.4) is 0 Å². The maximum Gasteiger partial charge on any atom is 0.155 e. The van der Waals surface area contributed by atoms with Gasteiger partial charge in [0.2, 0.25) is 0 Å². The number of hydrogen-bond acceptors (Lipinski definition) is 2. The topological polar surface area (TPSA) is 18.5 Å². The number of benzene rings is 2. The van der Waals surface area contributed by atoms with Crippen molar-refractivity contribution in [2.24, 2.45) is 0 Å². The van der Waals surface area contributed by atoms with Gasteiger partial charge >= 0.3 is 0 Å². The van der Waals surface area contributed by atoms with Crippen LogP contribution in [0, 0.1) is 0 Å². The summed E-state index contributed by atoms with van der Waals surface area (Å²) in [5.74, 6) is 0. The van der Waals surface area contributed by atoms with E-state index in [0.29, 0.717) is 13.2 Å². The summed E-state index contributed by atoms with van der Waals surface area (Å²) in [6.07, 6.45) is 0. The van der Waals surface area contributed by atoms with Crippen LogP contribution < -0.4 is 0 Å². The minimum absolute atomic E-state index is 0.0118. The van der Waals surface area contributed by atoms with Crippen molar-refractivity contribution in [2.45, 2.75) is 13.2 Å². The van der Waals surface area contributed by atoms with E-state index >= 15 is 0 Å². The van der Waals surface area contributed by atoms with Crippen LogP contribution in [0.1, 0.15) is 11.1 Å². The number of halogens is 2. The van der Waals surface area contributed by atoms with Gasteiger partial charge in [-0.05, 0) is 35.4 Å². The standard InChI is InChI=1S/C14H13Cl2O2P/c15-13-5-1-11(2-6-13)9-17-19-18-10-12-3-7-14(16)8-4-12/h1-8,19H,9-10H2. The van der Waals surface area contributed by atoms with E-state index in [1.54, 1.807) is 0 Å². The van der Waals surface area contributed by atoms with Crippen molar-refractivity contribution in [3.8, 4) is 0 Å². The first-order valence-electron chi connectivity index (χ1n) is 5.71. The van der Waals surface area contributed by atoms with Crippen molar-refractivity contribution in [1.29, 1.82) is 0 Å². The molecule has 0 N–H and O–H groups in total. The minimum Gasteiger partial charge on any atom is -0.331 e. The van der Waals surface area contributed by atoms with Gasteiger partial charge in [0.05, 0.1) is 13.2 Å². The predicted molar refractivity (Wildman–Crippen MR) is 80.8 cm³/mol. The van der Waals surface area contributed by atoms with Crippen LogP contribution in [0.15, 0.2) is 48.5 Å². The summed E-state index contributed by atoms with van der Waals surface area (Å²) < 4.78 is 10.9. The van der Waals surface area contributed by atoms with E-state index in [1.165, 1.54) is 0 Å². The molecule has 2 rings (SSSR count). The largest absolute Gasteiger partial charge is 0.331 e. The highest BCUT2D eigenvalue weighted by Crippen LogP contribution is 2.20. The lowest BCUT2D eigenvalue weighted by Gasteiger charge is -2.05. The smallest absolute Gasteiger partial charge is 0.155 e. The fourth-order valence-corrected chi connectivity index (χ4v) is 2.22. The highest BCUT2D eigenvalue weighted by Gasteiger charge is 1.96. The van der Waals surface area contributed by atoms with Gasteiger partial charge in [-0.1, -0.05) is 47.5 Å². The second-order valence-electron chi connectivity index (χ2n) is 3.91. The molecule has 19 heavy (non-hydrogen) atoms. The summed E-state index contributed by atoms with van der Waals surface area (Å²) in [7, 11) is 0.0118. The first-order chi connectivity index (χ1) is 9.24. The molecule has 2 nitrogen and oxygen atoms in total. The second-order valence-corrected chi connectivity index (χ2v) is 5.53. The zero-order valence-electron chi connectivity index (χ0n) is 10.1. The van der Waals surface area contributed by atoms with Crippen LogP contribution in [-0.2, 0) is 22.3 Å². The Morgan fingerprint density at radius 1 is 0.684 bits per heavy atom. The Morgan fingerprint density at radius 2 is 1.05 bits per heavy atom. The second kappa shape index (κ2) is 7.84. The van der Waals surface area contributed by atoms with Crippen LogP contribution in [0.5, 0.6) is 0 Å². The zero-order valence-corrected chi connectivity index (χ0v) is 12.6. The molecule has 2 aromatic carbocycles. The molecule has 0 fully saturated rings. The lowest BCUT2D eigenvalue weighted by atomic mass is 10.2. The van der Waals surface area contributed by atoms with Gasteiger partial charge in [0.25, 0.3) is 0 Å². The maximum absolute atomic E-state index is 5.80. The van der Waals surface area contributed by atoms with E-state index in [4.69, 9.17) is 32.2 Å². The lowest BCUT2D eigenvalue weighted by Crippen LogP contribution is -1.87. The molecule has 0 saturated heterocycles. The molecule has 0 saturated carbocycles. The highest BCUT2D eigenvalue weighted by molar-refractivity contribution is 7.26. The normalized spacial score (nSPS) is 10.6. The number of rotatable bonds is 6. The molecule has 0 aliphatic heterocycles. The number of hydrogen-bond donors (Lipinski definition) is 0. The Morgan fingerprint density at radius 3 is 1.42 bits per heavy atom. The Labute approximate surface area is 124 Å². The Balaban J connectivity index is 1.64. The Bertz CT molecular complexity index is 452. The molecule has 0 unspecified atom stereocenters. The first kappa shape index (κ1) is 14.8. The van der Waals surface area contributed by atoms with Crippen LogP contribution in [0.4, 0.5) is 0 Å². The lowest BCUT2D eigenvalue weighted by molar-refractivity contribution is 0.253. The third kappa shape index (κ3) is 5.48. The average Bonchev–Trinajstić information content (AvgIpc) is 2.43. The van der Waals surface area contributed by atoms with E-state index in [0.717, 1.165) is 21.2 Å². The van der Waals surface area contributed by atoms with Gasteiger partial charge in [0.15, 0.2) is 9.03 Å². The van der Waals surface area contributed by atoms with Crippen molar-refractivity contribution in [2.75, 3.05) is 0 Å². The Kier molecular flexibility index (Phi) is 6.09. The third-order valence-corrected chi connectivity index (χ3v) is 3.45. The average molecular weight is 315 g/mol. The molecule has 0 heterocycles. The van der Waals surface area contributed by atoms with Crippen LogP contribution in [0.2, 0.25) is 10.0 Å². The van der Waals surface area contributed by atoms with Gasteiger partial charge in [0.1, 0.15) is 0 Å². The summed E-state index contributed by atoms with van der Waals surface area (Å²) in [6, 6.07) is 15.1. The molecular weight excluding hydrogens is 302 g/mol. The minimum atomic E-state index is 0.0118. The molecule has 0 aromatic heterocycles. The van der Waals surface area contributed by atoms with Crippen molar-refractivity contribution in [3.05, 3.63) is 69.7 Å². The maximum atomic E-state index is 5.80. The monoisotopic (exact) mass is 314 g/mol. The summed E-state index contributed by atoms with van der Waals surface area (Å²) >= 11 is 11.6. The van der Waals surface area contributed by atoms with Crippen LogP contribution >= 0.6 is 32.2 Å². The van der Waals surface area contributed by atoms with Gasteiger partial charge in [-0.3, -0.25) is 0 Å². The highest BCUT2D eigenvalue weighted by atomic mass is 35.5. The molecule has 100 valence electrons. The molecule has 0 aliphatic carbocycles. The van der Waals surface area contributed by atoms with Gasteiger partial charge < -0.3 is 9.05 Å². The first-order valence-corrected chi connectivity index (χ1v) is 7.29. The summed E-state index contributed by atoms with van der Waals surface area (Å²) in [5, 5.41) is 1.45. The molecule has 0 spiro atoms. The molecule has 0 atom stereocenters. The quantitative estimate of drug-likeness (QED) is 0.536. The van der Waals surface area contributed by atoms with Crippen molar-refractivity contribution >= 4 is 32.2 Å². The molecule has 5 heteroatoms. The Hall–Kier alpha value is -0.630. The van der Waals surface area contributed by atoms with E-state index in [1.807, 2.05) is 48.5 Å². The van der Waals surface area contributed by atoms with E-state index in [-0.39, 0.29) is 9.03 Å². The van der Waals surface area contributed by atoms with Gasteiger partial charge in [-0.25, -0.2) is 0 Å². The van der Waals surface area contributed by atoms with E-state index in [2.05, 4.69) is 0 Å². The molecule has 0 radical (unpaired) electrons. The van der Waals surface area contributed by atoms with Crippen LogP contribution in [-0.4, -0.2) is 0 Å². The fourth-order valence-electron chi connectivity index (χ4n) is 1.43.